The molecule has 178 valence electrons. The third-order valence-corrected chi connectivity index (χ3v) is 6.68. The second-order valence-electron chi connectivity index (χ2n) is 7.56. The molecule has 2 N–H and O–H groups in total. The van der Waals surface area contributed by atoms with Crippen molar-refractivity contribution >= 4 is 39.3 Å². The minimum absolute atomic E-state index is 0.0295. The number of esters is 1. The van der Waals surface area contributed by atoms with Gasteiger partial charge in [0, 0.05) is 12.6 Å². The molecule has 0 spiro atoms. The van der Waals surface area contributed by atoms with Gasteiger partial charge in [-0.2, -0.15) is 0 Å². The normalized spacial score (nSPS) is 19.8. The zero-order valence-corrected chi connectivity index (χ0v) is 19.2. The summed E-state index contributed by atoms with van der Waals surface area (Å²) in [5.41, 5.74) is 0.803. The number of amides is 2. The van der Waals surface area contributed by atoms with Crippen molar-refractivity contribution in [2.24, 2.45) is 4.99 Å². The van der Waals surface area contributed by atoms with E-state index in [1.807, 2.05) is 0 Å². The van der Waals surface area contributed by atoms with Gasteiger partial charge in [-0.25, -0.2) is 13.2 Å². The summed E-state index contributed by atoms with van der Waals surface area (Å²) in [5, 5.41) is 2.49. The van der Waals surface area contributed by atoms with Crippen LogP contribution in [0, 0.1) is 0 Å². The quantitative estimate of drug-likeness (QED) is 0.575. The van der Waals surface area contributed by atoms with Crippen molar-refractivity contribution in [3.8, 4) is 5.75 Å². The van der Waals surface area contributed by atoms with Gasteiger partial charge < -0.3 is 19.7 Å². The number of carbonyl (C=O) groups excluding carboxylic acids is 3. The number of hydrogen-bond donors (Lipinski definition) is 2. The molecule has 34 heavy (non-hydrogen) atoms. The van der Waals surface area contributed by atoms with Gasteiger partial charge in [-0.3, -0.25) is 19.3 Å². The highest BCUT2D eigenvalue weighted by molar-refractivity contribution is 7.90. The molecule has 0 saturated heterocycles. The van der Waals surface area contributed by atoms with Crippen LogP contribution in [0.2, 0.25) is 0 Å². The number of amidine groups is 1. The maximum absolute atomic E-state index is 12.9. The lowest BCUT2D eigenvalue weighted by molar-refractivity contribution is -0.148. The summed E-state index contributed by atoms with van der Waals surface area (Å²) in [4.78, 5) is 43.0. The zero-order chi connectivity index (χ0) is 24.5. The second-order valence-corrected chi connectivity index (χ2v) is 9.21. The fourth-order valence-electron chi connectivity index (χ4n) is 3.58. The number of sulfonamides is 1. The van der Waals surface area contributed by atoms with Crippen LogP contribution in [0.25, 0.3) is 0 Å². The fourth-order valence-corrected chi connectivity index (χ4v) is 4.81. The first-order chi connectivity index (χ1) is 16.2. The van der Waals surface area contributed by atoms with E-state index in [9.17, 15) is 22.8 Å². The zero-order valence-electron chi connectivity index (χ0n) is 18.3. The van der Waals surface area contributed by atoms with Gasteiger partial charge in [0.1, 0.15) is 17.6 Å². The Morgan fingerprint density at radius 2 is 1.91 bits per heavy atom. The Labute approximate surface area is 195 Å². The predicted octanol–water partition coefficient (Wildman–Crippen LogP) is 0.197. The van der Waals surface area contributed by atoms with Gasteiger partial charge in [0.2, 0.25) is 0 Å². The predicted molar refractivity (Wildman–Crippen MR) is 121 cm³/mol. The Kier molecular flexibility index (Phi) is 6.24. The molecule has 4 rings (SSSR count). The molecule has 0 fully saturated rings. The number of carbonyl (C=O) groups is 3. The number of para-hydroxylation sites is 2. The first kappa shape index (κ1) is 23.2. The molecule has 11 nitrogen and oxygen atoms in total. The Morgan fingerprint density at radius 3 is 2.68 bits per heavy atom. The third kappa shape index (κ3) is 4.44. The molecule has 2 aromatic rings. The van der Waals surface area contributed by atoms with E-state index < -0.39 is 46.6 Å². The number of rotatable bonds is 5. The van der Waals surface area contributed by atoms with E-state index in [1.165, 1.54) is 24.9 Å². The standard InChI is InChI=1S/C22H22N4O7S/c1-13(24-20-14-7-3-6-10-18(14)34(30,31)25-20)22(29)32-12-19(27)26-11-17(21(28)23-2)33-16-9-5-4-8-15(16)26/h3-10,13,17H,11-12H2,1-2H3,(H,23,28)(H,24,25)/t13-,17?/m0/s1. The fraction of sp³-hybridized carbons (Fsp3) is 0.273. The minimum atomic E-state index is -3.75. The largest absolute Gasteiger partial charge is 0.477 e. The lowest BCUT2D eigenvalue weighted by Crippen LogP contribution is -2.51. The average molecular weight is 487 g/mol. The third-order valence-electron chi connectivity index (χ3n) is 5.28. The van der Waals surface area contributed by atoms with Gasteiger partial charge in [-0.1, -0.05) is 24.3 Å². The topological polar surface area (TPSA) is 143 Å². The van der Waals surface area contributed by atoms with Gasteiger partial charge >= 0.3 is 5.97 Å². The molecule has 2 aliphatic rings. The number of ether oxygens (including phenoxy) is 2. The van der Waals surface area contributed by atoms with E-state index in [-0.39, 0.29) is 17.3 Å². The maximum atomic E-state index is 12.9. The summed E-state index contributed by atoms with van der Waals surface area (Å²) in [6.07, 6.45) is -0.916. The molecular weight excluding hydrogens is 464 g/mol. The lowest BCUT2D eigenvalue weighted by atomic mass is 10.1. The Hall–Kier alpha value is -3.93. The van der Waals surface area contributed by atoms with Crippen molar-refractivity contribution in [1.82, 2.24) is 10.0 Å². The van der Waals surface area contributed by atoms with Crippen molar-refractivity contribution in [1.29, 1.82) is 0 Å². The van der Waals surface area contributed by atoms with Crippen LogP contribution in [-0.2, 0) is 29.1 Å². The smallest absolute Gasteiger partial charge is 0.331 e. The van der Waals surface area contributed by atoms with Gasteiger partial charge in [-0.15, -0.1) is 0 Å². The van der Waals surface area contributed by atoms with Crippen LogP contribution < -0.4 is 19.7 Å². The van der Waals surface area contributed by atoms with Crippen LogP contribution in [-0.4, -0.2) is 64.4 Å². The number of nitrogens with zero attached hydrogens (tertiary/aromatic N) is 2. The number of nitrogens with one attached hydrogen (secondary N) is 2. The van der Waals surface area contributed by atoms with Gasteiger partial charge in [0.25, 0.3) is 21.8 Å². The van der Waals surface area contributed by atoms with Crippen LogP contribution in [0.5, 0.6) is 5.75 Å². The van der Waals surface area contributed by atoms with Crippen molar-refractivity contribution in [3.63, 3.8) is 0 Å². The number of fused-ring (bicyclic) bond motifs is 2. The van der Waals surface area contributed by atoms with Crippen molar-refractivity contribution in [2.45, 2.75) is 24.0 Å². The molecule has 2 heterocycles. The van der Waals surface area contributed by atoms with Crippen LogP contribution in [0.15, 0.2) is 58.4 Å². The highest BCUT2D eigenvalue weighted by Crippen LogP contribution is 2.33. The van der Waals surface area contributed by atoms with E-state index in [0.717, 1.165) is 0 Å². The van der Waals surface area contributed by atoms with E-state index in [0.29, 0.717) is 17.0 Å². The summed E-state index contributed by atoms with van der Waals surface area (Å²) in [6.45, 7) is 0.787. The number of benzene rings is 2. The molecule has 2 aromatic carbocycles. The summed E-state index contributed by atoms with van der Waals surface area (Å²) < 4.78 is 37.5. The SMILES string of the molecule is CNC(=O)C1CN(C(=O)COC(=O)[C@H](C)N=C2NS(=O)(=O)c3ccccc32)c2ccccc2O1. The van der Waals surface area contributed by atoms with E-state index in [4.69, 9.17) is 9.47 Å². The van der Waals surface area contributed by atoms with E-state index in [1.54, 1.807) is 42.5 Å². The number of hydrogen-bond acceptors (Lipinski definition) is 8. The summed E-state index contributed by atoms with van der Waals surface area (Å²) >= 11 is 0. The number of aliphatic imine (C=N–C) groups is 1. The molecule has 2 atom stereocenters. The summed E-state index contributed by atoms with van der Waals surface area (Å²) in [6, 6.07) is 11.9. The van der Waals surface area contributed by atoms with Crippen LogP contribution in [0.1, 0.15) is 12.5 Å². The molecule has 0 aliphatic carbocycles. The Morgan fingerprint density at radius 1 is 1.21 bits per heavy atom. The van der Waals surface area contributed by atoms with Gasteiger partial charge in [0.15, 0.2) is 12.7 Å². The lowest BCUT2D eigenvalue weighted by Gasteiger charge is -2.33. The molecule has 0 aromatic heterocycles. The molecule has 0 radical (unpaired) electrons. The molecular formula is C22H22N4O7S. The molecule has 0 saturated carbocycles. The second kappa shape index (κ2) is 9.14. The maximum Gasteiger partial charge on any atom is 0.331 e. The van der Waals surface area contributed by atoms with Crippen molar-refractivity contribution < 1.29 is 32.3 Å². The van der Waals surface area contributed by atoms with Crippen molar-refractivity contribution in [2.75, 3.05) is 25.1 Å². The monoisotopic (exact) mass is 486 g/mol. The first-order valence-electron chi connectivity index (χ1n) is 10.4. The molecule has 12 heteroatoms. The summed E-state index contributed by atoms with van der Waals surface area (Å²) in [7, 11) is -2.28. The summed E-state index contributed by atoms with van der Waals surface area (Å²) in [5.74, 6) is -1.37. The molecule has 0 bridgehead atoms. The minimum Gasteiger partial charge on any atom is -0.477 e. The van der Waals surface area contributed by atoms with E-state index >= 15 is 0 Å². The van der Waals surface area contributed by atoms with Gasteiger partial charge in [0.05, 0.1) is 17.1 Å². The van der Waals surface area contributed by atoms with Crippen LogP contribution in [0.3, 0.4) is 0 Å². The first-order valence-corrected chi connectivity index (χ1v) is 11.8. The van der Waals surface area contributed by atoms with Crippen LogP contribution >= 0.6 is 0 Å². The molecule has 2 aliphatic heterocycles. The number of anilines is 1. The Bertz CT molecular complexity index is 1290. The van der Waals surface area contributed by atoms with Crippen molar-refractivity contribution in [3.05, 3.63) is 54.1 Å². The highest BCUT2D eigenvalue weighted by Gasteiger charge is 2.34. The van der Waals surface area contributed by atoms with Crippen LogP contribution in [0.4, 0.5) is 5.69 Å². The van der Waals surface area contributed by atoms with Gasteiger partial charge in [-0.05, 0) is 31.2 Å². The highest BCUT2D eigenvalue weighted by atomic mass is 32.2. The number of likely N-dealkylation sites (N-methyl/N-ethyl adjacent to an activating group) is 1. The molecule has 2 amide bonds. The molecule has 1 unspecified atom stereocenters. The average Bonchev–Trinajstić information content (AvgIpc) is 3.10. The Balaban J connectivity index is 1.44. The van der Waals surface area contributed by atoms with E-state index in [2.05, 4.69) is 15.0 Å².